The van der Waals surface area contributed by atoms with Crippen LogP contribution in [-0.2, 0) is 21.4 Å². The van der Waals surface area contributed by atoms with Crippen LogP contribution in [0.3, 0.4) is 0 Å². The molecule has 2 aromatic carbocycles. The van der Waals surface area contributed by atoms with Crippen molar-refractivity contribution >= 4 is 22.0 Å². The van der Waals surface area contributed by atoms with E-state index in [0.717, 1.165) is 22.4 Å². The van der Waals surface area contributed by atoms with Crippen LogP contribution in [0.2, 0.25) is 0 Å². The minimum absolute atomic E-state index is 0.187. The topological polar surface area (TPSA) is 97.4 Å². The predicted octanol–water partition coefficient (Wildman–Crippen LogP) is 3.85. The summed E-state index contributed by atoms with van der Waals surface area (Å²) in [5, 5.41) is 2.92. The molecule has 0 bridgehead atoms. The van der Waals surface area contributed by atoms with Gasteiger partial charge in [0.1, 0.15) is 12.4 Å². The van der Waals surface area contributed by atoms with Crippen LogP contribution < -0.4 is 14.8 Å². The molecule has 2 N–H and O–H groups in total. The maximum atomic E-state index is 12.3. The highest BCUT2D eigenvalue weighted by Gasteiger charge is 2.12. The Bertz CT molecular complexity index is 1180. The van der Waals surface area contributed by atoms with E-state index in [1.165, 1.54) is 18.2 Å². The van der Waals surface area contributed by atoms with Crippen molar-refractivity contribution in [2.24, 2.45) is 0 Å². The van der Waals surface area contributed by atoms with E-state index in [0.29, 0.717) is 13.2 Å². The van der Waals surface area contributed by atoms with Gasteiger partial charge in [-0.15, -0.1) is 0 Å². The molecule has 33 heavy (non-hydrogen) atoms. The van der Waals surface area contributed by atoms with Gasteiger partial charge in [-0.3, -0.25) is 9.78 Å². The molecule has 1 heterocycles. The van der Waals surface area contributed by atoms with Crippen molar-refractivity contribution in [2.75, 3.05) is 6.54 Å². The van der Waals surface area contributed by atoms with Gasteiger partial charge in [-0.25, -0.2) is 13.1 Å². The van der Waals surface area contributed by atoms with Gasteiger partial charge in [-0.2, -0.15) is 0 Å². The summed E-state index contributed by atoms with van der Waals surface area (Å²) in [5.74, 6) is 0.490. The van der Waals surface area contributed by atoms with Gasteiger partial charge in [0.05, 0.1) is 10.9 Å². The van der Waals surface area contributed by atoms with E-state index in [1.54, 1.807) is 37.5 Å². The van der Waals surface area contributed by atoms with E-state index in [9.17, 15) is 13.2 Å². The molecular weight excluding hydrogens is 438 g/mol. The minimum atomic E-state index is -3.49. The smallest absolute Gasteiger partial charge is 0.244 e. The Morgan fingerprint density at radius 2 is 1.82 bits per heavy atom. The number of hydrogen-bond donors (Lipinski definition) is 2. The van der Waals surface area contributed by atoms with E-state index < -0.39 is 10.0 Å². The Hall–Kier alpha value is -3.49. The van der Waals surface area contributed by atoms with Gasteiger partial charge < -0.3 is 10.1 Å². The van der Waals surface area contributed by atoms with Crippen LogP contribution in [0, 0.1) is 0 Å². The molecule has 0 radical (unpaired) electrons. The van der Waals surface area contributed by atoms with Gasteiger partial charge in [-0.05, 0) is 54.5 Å². The molecule has 3 rings (SSSR count). The third-order valence-corrected chi connectivity index (χ3v) is 6.38. The Balaban J connectivity index is 1.52. The molecule has 0 saturated heterocycles. The fourth-order valence-electron chi connectivity index (χ4n) is 3.05. The lowest BCUT2D eigenvalue weighted by Crippen LogP contribution is -2.24. The molecule has 1 atom stereocenters. The first-order valence-electron chi connectivity index (χ1n) is 10.6. The second-order valence-electron chi connectivity index (χ2n) is 7.35. The van der Waals surface area contributed by atoms with Crippen LogP contribution in [0.5, 0.6) is 5.75 Å². The summed E-state index contributed by atoms with van der Waals surface area (Å²) in [5.41, 5.74) is 2.66. The first kappa shape index (κ1) is 24.2. The van der Waals surface area contributed by atoms with E-state index in [1.807, 2.05) is 43.3 Å². The highest BCUT2D eigenvalue weighted by atomic mass is 32.2. The van der Waals surface area contributed by atoms with Crippen LogP contribution in [0.1, 0.15) is 36.6 Å². The van der Waals surface area contributed by atoms with Gasteiger partial charge in [0.15, 0.2) is 0 Å². The molecule has 0 aliphatic carbocycles. The fraction of sp³-hybridized carbons (Fsp3) is 0.200. The summed E-state index contributed by atoms with van der Waals surface area (Å²) in [4.78, 5) is 16.6. The van der Waals surface area contributed by atoms with E-state index in [-0.39, 0.29) is 16.8 Å². The summed E-state index contributed by atoms with van der Waals surface area (Å²) in [6, 6.07) is 17.5. The summed E-state index contributed by atoms with van der Waals surface area (Å²) < 4.78 is 32.2. The number of amides is 1. The average Bonchev–Trinajstić information content (AvgIpc) is 2.82. The van der Waals surface area contributed by atoms with Crippen LogP contribution >= 0.6 is 0 Å². The Labute approximate surface area is 194 Å². The van der Waals surface area contributed by atoms with Gasteiger partial charge in [0.2, 0.25) is 15.9 Å². The number of ether oxygens (including phenoxy) is 1. The molecule has 0 aliphatic rings. The second-order valence-corrected chi connectivity index (χ2v) is 9.12. The zero-order chi connectivity index (χ0) is 23.7. The number of pyridine rings is 1. The third kappa shape index (κ3) is 7.27. The molecule has 8 heteroatoms. The summed E-state index contributed by atoms with van der Waals surface area (Å²) in [6.45, 7) is 4.38. The molecule has 172 valence electrons. The van der Waals surface area contributed by atoms with Crippen LogP contribution in [0.4, 0.5) is 0 Å². The normalized spacial score (nSPS) is 12.4. The number of aromatic nitrogens is 1. The first-order valence-corrected chi connectivity index (χ1v) is 12.1. The first-order chi connectivity index (χ1) is 15.9. The van der Waals surface area contributed by atoms with Crippen molar-refractivity contribution in [3.63, 3.8) is 0 Å². The molecule has 0 saturated carbocycles. The molecule has 0 spiro atoms. The molecule has 1 amide bonds. The lowest BCUT2D eigenvalue weighted by Gasteiger charge is -2.14. The van der Waals surface area contributed by atoms with Gasteiger partial charge in [0, 0.05) is 30.6 Å². The highest BCUT2D eigenvalue weighted by Crippen LogP contribution is 2.19. The van der Waals surface area contributed by atoms with Crippen molar-refractivity contribution < 1.29 is 17.9 Å². The Morgan fingerprint density at radius 1 is 1.09 bits per heavy atom. The molecule has 3 aromatic rings. The van der Waals surface area contributed by atoms with Crippen molar-refractivity contribution in [1.82, 2.24) is 15.0 Å². The molecule has 0 fully saturated rings. The minimum Gasteiger partial charge on any atom is -0.489 e. The predicted molar refractivity (Wildman–Crippen MR) is 128 cm³/mol. The summed E-state index contributed by atoms with van der Waals surface area (Å²) in [6.07, 6.45) is 6.55. The summed E-state index contributed by atoms with van der Waals surface area (Å²) >= 11 is 0. The number of carbonyl (C=O) groups is 1. The lowest BCUT2D eigenvalue weighted by molar-refractivity contribution is -0.117. The van der Waals surface area contributed by atoms with E-state index >= 15 is 0 Å². The number of sulfonamides is 1. The molecule has 7 nitrogen and oxygen atoms in total. The number of carbonyl (C=O) groups excluding carboxylic acids is 1. The number of nitrogens with zero attached hydrogens (tertiary/aromatic N) is 1. The van der Waals surface area contributed by atoms with Crippen molar-refractivity contribution in [2.45, 2.75) is 31.4 Å². The van der Waals surface area contributed by atoms with Gasteiger partial charge in [-0.1, -0.05) is 37.3 Å². The van der Waals surface area contributed by atoms with Crippen LogP contribution in [0.15, 0.2) is 84.0 Å². The highest BCUT2D eigenvalue weighted by molar-refractivity contribution is 7.89. The van der Waals surface area contributed by atoms with Gasteiger partial charge >= 0.3 is 0 Å². The molecule has 0 aliphatic heterocycles. The van der Waals surface area contributed by atoms with Crippen LogP contribution in [-0.4, -0.2) is 25.9 Å². The quantitative estimate of drug-likeness (QED) is 0.443. The number of hydrogen-bond acceptors (Lipinski definition) is 5. The standard InChI is InChI=1S/C25H27N3O4S/c1-3-27-33(30,31)24-13-6-20(7-14-24)8-15-25(29)28-19(2)22-9-11-23(12-10-22)32-18-21-5-4-16-26-17-21/h4-17,19,27H,3,18H2,1-2H3,(H,28,29)/b15-8+. The average molecular weight is 466 g/mol. The van der Waals surface area contributed by atoms with Crippen molar-refractivity contribution in [3.05, 3.63) is 95.8 Å². The Morgan fingerprint density at radius 3 is 2.45 bits per heavy atom. The van der Waals surface area contributed by atoms with Gasteiger partial charge in [0.25, 0.3) is 0 Å². The number of nitrogens with one attached hydrogen (secondary N) is 2. The SMILES string of the molecule is CCNS(=O)(=O)c1ccc(/C=C/C(=O)NC(C)c2ccc(OCc3cccnc3)cc2)cc1. The molecule has 1 unspecified atom stereocenters. The number of rotatable bonds is 10. The maximum Gasteiger partial charge on any atom is 0.244 e. The lowest BCUT2D eigenvalue weighted by atomic mass is 10.1. The molecular formula is C25H27N3O4S. The largest absolute Gasteiger partial charge is 0.489 e. The second kappa shape index (κ2) is 11.4. The molecule has 1 aromatic heterocycles. The summed E-state index contributed by atoms with van der Waals surface area (Å²) in [7, 11) is -3.49. The fourth-order valence-corrected chi connectivity index (χ4v) is 4.09. The number of benzene rings is 2. The van der Waals surface area contributed by atoms with Crippen molar-refractivity contribution in [1.29, 1.82) is 0 Å². The monoisotopic (exact) mass is 465 g/mol. The van der Waals surface area contributed by atoms with Crippen LogP contribution in [0.25, 0.3) is 6.08 Å². The maximum absolute atomic E-state index is 12.3. The van der Waals surface area contributed by atoms with E-state index in [2.05, 4.69) is 15.0 Å². The zero-order valence-electron chi connectivity index (χ0n) is 18.6. The zero-order valence-corrected chi connectivity index (χ0v) is 19.4. The Kier molecular flexibility index (Phi) is 8.34. The third-order valence-electron chi connectivity index (χ3n) is 4.82. The van der Waals surface area contributed by atoms with Crippen molar-refractivity contribution in [3.8, 4) is 5.75 Å². The van der Waals surface area contributed by atoms with E-state index in [4.69, 9.17) is 4.74 Å².